The zero-order chi connectivity index (χ0) is 8.21. The van der Waals surface area contributed by atoms with Crippen molar-refractivity contribution >= 4 is 0 Å². The molecule has 0 amide bonds. The third-order valence-electron chi connectivity index (χ3n) is 2.86. The minimum atomic E-state index is -1.24. The van der Waals surface area contributed by atoms with Crippen LogP contribution in [0.1, 0.15) is 34.1 Å². The first-order valence-corrected chi connectivity index (χ1v) is 3.68. The summed E-state index contributed by atoms with van der Waals surface area (Å²) < 4.78 is 13.3. The van der Waals surface area contributed by atoms with E-state index in [1.807, 2.05) is 13.8 Å². The van der Waals surface area contributed by atoms with Gasteiger partial charge in [-0.1, -0.05) is 13.8 Å². The zero-order valence-electron chi connectivity index (χ0n) is 7.16. The minimum absolute atomic E-state index is 0.00868. The van der Waals surface area contributed by atoms with Gasteiger partial charge in [0.15, 0.2) is 0 Å². The van der Waals surface area contributed by atoms with Crippen LogP contribution in [0.25, 0.3) is 0 Å². The molecule has 0 aromatic carbocycles. The normalized spacial score (nSPS) is 37.8. The lowest BCUT2D eigenvalue weighted by Gasteiger charge is -2.26. The molecule has 60 valence electrons. The van der Waals surface area contributed by atoms with Crippen molar-refractivity contribution in [2.45, 2.75) is 45.3 Å². The average Bonchev–Trinajstić information content (AvgIpc) is 2.05. The largest absolute Gasteiger partial charge is 0.322 e. The van der Waals surface area contributed by atoms with Crippen LogP contribution in [-0.2, 0) is 0 Å². The van der Waals surface area contributed by atoms with Crippen molar-refractivity contribution in [3.63, 3.8) is 0 Å². The van der Waals surface area contributed by atoms with Crippen molar-refractivity contribution in [1.82, 2.24) is 0 Å². The maximum absolute atomic E-state index is 13.3. The third kappa shape index (κ3) is 0.782. The summed E-state index contributed by atoms with van der Waals surface area (Å²) in [7, 11) is 0. The topological polar surface area (TPSA) is 26.0 Å². The summed E-state index contributed by atoms with van der Waals surface area (Å²) in [5.74, 6) is 0. The summed E-state index contributed by atoms with van der Waals surface area (Å²) >= 11 is 0. The van der Waals surface area contributed by atoms with Crippen LogP contribution in [0, 0.1) is 5.41 Å². The number of alkyl halides is 1. The van der Waals surface area contributed by atoms with E-state index in [0.29, 0.717) is 0 Å². The van der Waals surface area contributed by atoms with E-state index in [4.69, 9.17) is 5.73 Å². The summed E-state index contributed by atoms with van der Waals surface area (Å²) in [5.41, 5.74) is 3.99. The predicted molar refractivity (Wildman–Crippen MR) is 40.5 cm³/mol. The molecule has 1 saturated carbocycles. The fourth-order valence-electron chi connectivity index (χ4n) is 1.67. The molecule has 0 radical (unpaired) electrons. The summed E-state index contributed by atoms with van der Waals surface area (Å²) in [6.07, 6.45) is 0.795. The second-order valence-electron chi connectivity index (χ2n) is 4.50. The molecule has 0 bridgehead atoms. The Balaban J connectivity index is 2.78. The molecule has 0 aromatic heterocycles. The van der Waals surface area contributed by atoms with Crippen molar-refractivity contribution in [1.29, 1.82) is 0 Å². The molecule has 1 aliphatic carbocycles. The first-order chi connectivity index (χ1) is 4.21. The van der Waals surface area contributed by atoms with Gasteiger partial charge in [0.25, 0.3) is 0 Å². The van der Waals surface area contributed by atoms with E-state index in [9.17, 15) is 4.39 Å². The van der Waals surface area contributed by atoms with Crippen molar-refractivity contribution in [2.75, 3.05) is 0 Å². The van der Waals surface area contributed by atoms with Gasteiger partial charge in [-0.2, -0.15) is 0 Å². The number of rotatable bonds is 1. The molecule has 10 heavy (non-hydrogen) atoms. The molecule has 1 rings (SSSR count). The molecular weight excluding hydrogens is 129 g/mol. The fourth-order valence-corrected chi connectivity index (χ4v) is 1.67. The van der Waals surface area contributed by atoms with E-state index < -0.39 is 11.2 Å². The Morgan fingerprint density at radius 2 is 1.70 bits per heavy atom. The zero-order valence-corrected chi connectivity index (χ0v) is 7.16. The minimum Gasteiger partial charge on any atom is -0.322 e. The highest BCUT2D eigenvalue weighted by Crippen LogP contribution is 2.60. The third-order valence-corrected chi connectivity index (χ3v) is 2.86. The molecule has 1 aliphatic rings. The molecule has 1 atom stereocenters. The van der Waals surface area contributed by atoms with Gasteiger partial charge in [0.05, 0.1) is 5.54 Å². The van der Waals surface area contributed by atoms with E-state index >= 15 is 0 Å². The lowest BCUT2D eigenvalue weighted by Crippen LogP contribution is -2.46. The molecular formula is C8H16FN. The standard InChI is InChI=1S/C8H16FN/c1-6(2)5-8(6,10)7(3,4)9/h5,10H2,1-4H3. The summed E-state index contributed by atoms with van der Waals surface area (Å²) in [6.45, 7) is 7.13. The Labute approximate surface area is 61.8 Å². The molecule has 0 saturated heterocycles. The van der Waals surface area contributed by atoms with Crippen molar-refractivity contribution < 1.29 is 4.39 Å². The van der Waals surface area contributed by atoms with Gasteiger partial charge in [0.1, 0.15) is 5.67 Å². The molecule has 0 spiro atoms. The first-order valence-electron chi connectivity index (χ1n) is 3.68. The molecule has 2 heteroatoms. The van der Waals surface area contributed by atoms with Gasteiger partial charge in [-0.3, -0.25) is 0 Å². The Morgan fingerprint density at radius 3 is 1.70 bits per heavy atom. The van der Waals surface area contributed by atoms with Crippen LogP contribution in [-0.4, -0.2) is 11.2 Å². The van der Waals surface area contributed by atoms with Gasteiger partial charge in [-0.05, 0) is 25.7 Å². The van der Waals surface area contributed by atoms with E-state index in [1.54, 1.807) is 13.8 Å². The van der Waals surface area contributed by atoms with Crippen LogP contribution < -0.4 is 5.73 Å². The maximum atomic E-state index is 13.3. The lowest BCUT2D eigenvalue weighted by atomic mass is 9.91. The first kappa shape index (κ1) is 7.99. The summed E-state index contributed by atoms with van der Waals surface area (Å²) in [6, 6.07) is 0. The van der Waals surface area contributed by atoms with Gasteiger partial charge >= 0.3 is 0 Å². The quantitative estimate of drug-likeness (QED) is 0.598. The van der Waals surface area contributed by atoms with Gasteiger partial charge in [0.2, 0.25) is 0 Å². The Bertz CT molecular complexity index is 157. The van der Waals surface area contributed by atoms with Crippen LogP contribution in [0.15, 0.2) is 0 Å². The molecule has 2 N–H and O–H groups in total. The second-order valence-corrected chi connectivity index (χ2v) is 4.50. The van der Waals surface area contributed by atoms with Gasteiger partial charge in [0, 0.05) is 0 Å². The Morgan fingerprint density at radius 1 is 1.40 bits per heavy atom. The van der Waals surface area contributed by atoms with Crippen LogP contribution in [0.2, 0.25) is 0 Å². The highest BCUT2D eigenvalue weighted by Gasteiger charge is 2.66. The Hall–Kier alpha value is -0.110. The molecule has 0 aliphatic heterocycles. The van der Waals surface area contributed by atoms with Gasteiger partial charge in [-0.25, -0.2) is 4.39 Å². The van der Waals surface area contributed by atoms with E-state index in [-0.39, 0.29) is 5.41 Å². The van der Waals surface area contributed by atoms with Crippen LogP contribution in [0.3, 0.4) is 0 Å². The maximum Gasteiger partial charge on any atom is 0.123 e. The van der Waals surface area contributed by atoms with E-state index in [2.05, 4.69) is 0 Å². The Kier molecular flexibility index (Phi) is 1.24. The molecule has 1 nitrogen and oxygen atoms in total. The average molecular weight is 145 g/mol. The molecule has 1 fully saturated rings. The van der Waals surface area contributed by atoms with E-state index in [0.717, 1.165) is 6.42 Å². The smallest absolute Gasteiger partial charge is 0.123 e. The van der Waals surface area contributed by atoms with Crippen LogP contribution in [0.5, 0.6) is 0 Å². The van der Waals surface area contributed by atoms with Crippen molar-refractivity contribution in [2.24, 2.45) is 11.1 Å². The lowest BCUT2D eigenvalue weighted by molar-refractivity contribution is 0.136. The van der Waals surface area contributed by atoms with Crippen molar-refractivity contribution in [3.05, 3.63) is 0 Å². The van der Waals surface area contributed by atoms with Crippen molar-refractivity contribution in [3.8, 4) is 0 Å². The van der Waals surface area contributed by atoms with E-state index in [1.165, 1.54) is 0 Å². The monoisotopic (exact) mass is 145 g/mol. The van der Waals surface area contributed by atoms with Crippen LogP contribution in [0.4, 0.5) is 4.39 Å². The number of halogens is 1. The fraction of sp³-hybridized carbons (Fsp3) is 1.00. The predicted octanol–water partition coefficient (Wildman–Crippen LogP) is 1.86. The highest BCUT2D eigenvalue weighted by molar-refractivity contribution is 5.22. The van der Waals surface area contributed by atoms with Crippen LogP contribution >= 0.6 is 0 Å². The number of nitrogens with two attached hydrogens (primary N) is 1. The highest BCUT2D eigenvalue weighted by atomic mass is 19.1. The summed E-state index contributed by atoms with van der Waals surface area (Å²) in [4.78, 5) is 0. The van der Waals surface area contributed by atoms with Gasteiger partial charge in [-0.15, -0.1) is 0 Å². The summed E-state index contributed by atoms with van der Waals surface area (Å²) in [5, 5.41) is 0. The number of hydrogen-bond donors (Lipinski definition) is 1. The second kappa shape index (κ2) is 1.55. The molecule has 0 heterocycles. The van der Waals surface area contributed by atoms with Gasteiger partial charge < -0.3 is 5.73 Å². The molecule has 1 unspecified atom stereocenters. The number of hydrogen-bond acceptors (Lipinski definition) is 1. The SMILES string of the molecule is CC(C)(F)C1(N)CC1(C)C. The molecule has 0 aromatic rings.